The van der Waals surface area contributed by atoms with E-state index in [1.165, 1.54) is 11.1 Å². The van der Waals surface area contributed by atoms with E-state index in [-0.39, 0.29) is 0 Å². The highest BCUT2D eigenvalue weighted by Gasteiger charge is 2.11. The van der Waals surface area contributed by atoms with Crippen LogP contribution in [-0.4, -0.2) is 20.8 Å². The van der Waals surface area contributed by atoms with Crippen molar-refractivity contribution in [3.8, 4) is 17.2 Å². The second kappa shape index (κ2) is 10.5. The van der Waals surface area contributed by atoms with Gasteiger partial charge < -0.3 is 19.5 Å². The highest BCUT2D eigenvalue weighted by Crippen LogP contribution is 2.31. The number of methoxy groups -OCH3 is 2. The van der Waals surface area contributed by atoms with Crippen molar-refractivity contribution in [3.05, 3.63) is 89.0 Å². The van der Waals surface area contributed by atoms with Gasteiger partial charge in [0.1, 0.15) is 12.4 Å². The molecule has 0 amide bonds. The van der Waals surface area contributed by atoms with Crippen LogP contribution in [0.25, 0.3) is 0 Å². The largest absolute Gasteiger partial charge is 0.497 e. The molecule has 0 bridgehead atoms. The maximum atomic E-state index is 6.15. The molecule has 4 heteroatoms. The summed E-state index contributed by atoms with van der Waals surface area (Å²) in [4.78, 5) is 0. The molecule has 3 rings (SSSR count). The van der Waals surface area contributed by atoms with Gasteiger partial charge in [0.05, 0.1) is 14.2 Å². The molecule has 0 unspecified atom stereocenters. The van der Waals surface area contributed by atoms with Crippen molar-refractivity contribution < 1.29 is 14.2 Å². The molecule has 3 aromatic rings. The Kier molecular flexibility index (Phi) is 7.54. The zero-order valence-electron chi connectivity index (χ0n) is 17.4. The van der Waals surface area contributed by atoms with Crippen molar-refractivity contribution in [2.45, 2.75) is 26.5 Å². The molecule has 1 N–H and O–H groups in total. The Labute approximate surface area is 173 Å². The monoisotopic (exact) mass is 391 g/mol. The molecular weight excluding hydrogens is 362 g/mol. The first kappa shape index (κ1) is 20.7. The van der Waals surface area contributed by atoms with Gasteiger partial charge in [-0.1, -0.05) is 54.1 Å². The number of hydrogen-bond donors (Lipinski definition) is 1. The molecule has 0 spiro atoms. The first-order valence-electron chi connectivity index (χ1n) is 9.87. The van der Waals surface area contributed by atoms with Gasteiger partial charge in [-0.15, -0.1) is 0 Å². The van der Waals surface area contributed by atoms with Crippen LogP contribution in [0.5, 0.6) is 17.2 Å². The molecule has 0 fully saturated rings. The third-order valence-electron chi connectivity index (χ3n) is 4.85. The summed E-state index contributed by atoms with van der Waals surface area (Å²) in [5.74, 6) is 2.44. The Hall–Kier alpha value is -2.98. The Morgan fingerprint density at radius 2 is 1.52 bits per heavy atom. The Morgan fingerprint density at radius 3 is 2.21 bits per heavy atom. The standard InChI is InChI=1S/C25H29NO3/c1-19-7-9-21(10-8-19)18-29-25-22(5-4-6-24(25)28-3)17-26-16-15-20-11-13-23(27-2)14-12-20/h4-14,26H,15-18H2,1-3H3. The van der Waals surface area contributed by atoms with E-state index in [4.69, 9.17) is 14.2 Å². The van der Waals surface area contributed by atoms with Crippen LogP contribution in [0.4, 0.5) is 0 Å². The lowest BCUT2D eigenvalue weighted by atomic mass is 10.1. The fraction of sp³-hybridized carbons (Fsp3) is 0.280. The number of hydrogen-bond acceptors (Lipinski definition) is 4. The van der Waals surface area contributed by atoms with Crippen molar-refractivity contribution >= 4 is 0 Å². The summed E-state index contributed by atoms with van der Waals surface area (Å²) in [6, 6.07) is 22.6. The van der Waals surface area contributed by atoms with E-state index in [9.17, 15) is 0 Å². The second-order valence-electron chi connectivity index (χ2n) is 7.00. The van der Waals surface area contributed by atoms with Crippen LogP contribution in [0, 0.1) is 6.92 Å². The van der Waals surface area contributed by atoms with E-state index >= 15 is 0 Å². The smallest absolute Gasteiger partial charge is 0.166 e. The fourth-order valence-electron chi connectivity index (χ4n) is 3.11. The van der Waals surface area contributed by atoms with Gasteiger partial charge in [-0.25, -0.2) is 0 Å². The van der Waals surface area contributed by atoms with Crippen LogP contribution < -0.4 is 19.5 Å². The summed E-state index contributed by atoms with van der Waals surface area (Å²) in [6.45, 7) is 4.19. The van der Waals surface area contributed by atoms with E-state index in [1.54, 1.807) is 14.2 Å². The molecule has 0 aliphatic rings. The quantitative estimate of drug-likeness (QED) is 0.498. The van der Waals surface area contributed by atoms with Crippen LogP contribution in [0.2, 0.25) is 0 Å². The number of aryl methyl sites for hydroxylation is 1. The minimum absolute atomic E-state index is 0.513. The number of benzene rings is 3. The lowest BCUT2D eigenvalue weighted by molar-refractivity contribution is 0.280. The van der Waals surface area contributed by atoms with Crippen molar-refractivity contribution in [2.24, 2.45) is 0 Å². The first-order chi connectivity index (χ1) is 14.2. The maximum absolute atomic E-state index is 6.15. The summed E-state index contributed by atoms with van der Waals surface area (Å²) in [6.07, 6.45) is 0.952. The number of para-hydroxylation sites is 1. The van der Waals surface area contributed by atoms with Gasteiger partial charge in [0, 0.05) is 12.1 Å². The lowest BCUT2D eigenvalue weighted by Crippen LogP contribution is -2.17. The van der Waals surface area contributed by atoms with E-state index in [1.807, 2.05) is 24.3 Å². The minimum atomic E-state index is 0.513. The average Bonchev–Trinajstić information content (AvgIpc) is 2.77. The molecule has 0 heterocycles. The van der Waals surface area contributed by atoms with Crippen molar-refractivity contribution in [2.75, 3.05) is 20.8 Å². The topological polar surface area (TPSA) is 39.7 Å². The minimum Gasteiger partial charge on any atom is -0.497 e. The summed E-state index contributed by atoms with van der Waals surface area (Å²) in [5, 5.41) is 3.51. The van der Waals surface area contributed by atoms with Crippen LogP contribution in [0.1, 0.15) is 22.3 Å². The van der Waals surface area contributed by atoms with Gasteiger partial charge in [0.2, 0.25) is 0 Å². The zero-order chi connectivity index (χ0) is 20.5. The third kappa shape index (κ3) is 6.00. The van der Waals surface area contributed by atoms with E-state index in [0.29, 0.717) is 6.61 Å². The molecule has 0 radical (unpaired) electrons. The van der Waals surface area contributed by atoms with Crippen molar-refractivity contribution in [1.29, 1.82) is 0 Å². The lowest BCUT2D eigenvalue weighted by Gasteiger charge is -2.16. The summed E-state index contributed by atoms with van der Waals surface area (Å²) < 4.78 is 16.9. The molecule has 152 valence electrons. The van der Waals surface area contributed by atoms with E-state index in [2.05, 4.69) is 54.7 Å². The molecule has 0 atom stereocenters. The van der Waals surface area contributed by atoms with Crippen LogP contribution >= 0.6 is 0 Å². The highest BCUT2D eigenvalue weighted by atomic mass is 16.5. The highest BCUT2D eigenvalue weighted by molar-refractivity contribution is 5.46. The van der Waals surface area contributed by atoms with Gasteiger partial charge in [0.25, 0.3) is 0 Å². The molecular formula is C25H29NO3. The van der Waals surface area contributed by atoms with Gasteiger partial charge in [0.15, 0.2) is 11.5 Å². The van der Waals surface area contributed by atoms with E-state index in [0.717, 1.165) is 47.9 Å². The van der Waals surface area contributed by atoms with Crippen LogP contribution in [-0.2, 0) is 19.6 Å². The molecule has 4 nitrogen and oxygen atoms in total. The number of rotatable bonds is 10. The van der Waals surface area contributed by atoms with Crippen molar-refractivity contribution in [3.63, 3.8) is 0 Å². The zero-order valence-corrected chi connectivity index (χ0v) is 17.4. The van der Waals surface area contributed by atoms with Crippen molar-refractivity contribution in [1.82, 2.24) is 5.32 Å². The van der Waals surface area contributed by atoms with E-state index < -0.39 is 0 Å². The summed E-state index contributed by atoms with van der Waals surface area (Å²) in [5.41, 5.74) is 4.75. The Morgan fingerprint density at radius 1 is 0.793 bits per heavy atom. The number of ether oxygens (including phenoxy) is 3. The summed E-state index contributed by atoms with van der Waals surface area (Å²) >= 11 is 0. The Bertz CT molecular complexity index is 889. The molecule has 29 heavy (non-hydrogen) atoms. The first-order valence-corrected chi connectivity index (χ1v) is 9.87. The van der Waals surface area contributed by atoms with Crippen LogP contribution in [0.15, 0.2) is 66.7 Å². The van der Waals surface area contributed by atoms with Crippen LogP contribution in [0.3, 0.4) is 0 Å². The van der Waals surface area contributed by atoms with Gasteiger partial charge in [-0.3, -0.25) is 0 Å². The molecule has 0 aromatic heterocycles. The Balaban J connectivity index is 1.58. The third-order valence-corrected chi connectivity index (χ3v) is 4.85. The molecule has 0 saturated heterocycles. The SMILES string of the molecule is COc1ccc(CCNCc2cccc(OC)c2OCc2ccc(C)cc2)cc1. The molecule has 0 aliphatic carbocycles. The normalized spacial score (nSPS) is 10.6. The molecule has 3 aromatic carbocycles. The molecule has 0 aliphatic heterocycles. The number of nitrogens with one attached hydrogen (secondary N) is 1. The average molecular weight is 392 g/mol. The predicted octanol–water partition coefficient (Wildman–Crippen LogP) is 4.92. The maximum Gasteiger partial charge on any atom is 0.166 e. The van der Waals surface area contributed by atoms with Gasteiger partial charge in [-0.05, 0) is 49.2 Å². The summed E-state index contributed by atoms with van der Waals surface area (Å²) in [7, 11) is 3.36. The predicted molar refractivity (Wildman–Crippen MR) is 117 cm³/mol. The second-order valence-corrected chi connectivity index (χ2v) is 7.00. The van der Waals surface area contributed by atoms with Gasteiger partial charge >= 0.3 is 0 Å². The molecule has 0 saturated carbocycles. The fourth-order valence-corrected chi connectivity index (χ4v) is 3.11. The van der Waals surface area contributed by atoms with Gasteiger partial charge in [-0.2, -0.15) is 0 Å².